The summed E-state index contributed by atoms with van der Waals surface area (Å²) in [4.78, 5) is 11.9. The monoisotopic (exact) mass is 341 g/mol. The van der Waals surface area contributed by atoms with Crippen molar-refractivity contribution in [2.24, 2.45) is 0 Å². The normalized spacial score (nSPS) is 11.5. The molecule has 0 saturated carbocycles. The molecule has 0 atom stereocenters. The number of nitrogens with one attached hydrogen (secondary N) is 1. The van der Waals surface area contributed by atoms with Gasteiger partial charge in [-0.1, -0.05) is 0 Å². The van der Waals surface area contributed by atoms with Gasteiger partial charge in [0.05, 0.1) is 5.69 Å². The van der Waals surface area contributed by atoms with E-state index in [-0.39, 0.29) is 5.91 Å². The van der Waals surface area contributed by atoms with Crippen LogP contribution in [0.25, 0.3) is 5.69 Å². The van der Waals surface area contributed by atoms with Gasteiger partial charge in [0.1, 0.15) is 0 Å². The minimum absolute atomic E-state index is 0.241. The lowest BCUT2D eigenvalue weighted by Crippen LogP contribution is -2.25. The van der Waals surface area contributed by atoms with Crippen molar-refractivity contribution >= 4 is 5.91 Å². The summed E-state index contributed by atoms with van der Waals surface area (Å²) in [6.07, 6.45) is -2.54. The van der Waals surface area contributed by atoms with Gasteiger partial charge in [0, 0.05) is 31.5 Å². The Bertz CT molecular complexity index is 666. The Morgan fingerprint density at radius 2 is 1.96 bits per heavy atom. The summed E-state index contributed by atoms with van der Waals surface area (Å²) >= 11 is 0. The van der Waals surface area contributed by atoms with Crippen LogP contribution in [0.2, 0.25) is 0 Å². The molecule has 2 aromatic rings. The molecule has 0 spiro atoms. The second kappa shape index (κ2) is 7.96. The van der Waals surface area contributed by atoms with Crippen LogP contribution in [-0.4, -0.2) is 35.4 Å². The predicted octanol–water partition coefficient (Wildman–Crippen LogP) is 3.05. The molecule has 1 heterocycles. The maximum Gasteiger partial charge on any atom is 0.435 e. The van der Waals surface area contributed by atoms with E-state index in [0.29, 0.717) is 37.4 Å². The highest BCUT2D eigenvalue weighted by molar-refractivity contribution is 5.94. The first-order chi connectivity index (χ1) is 11.4. The number of rotatable bonds is 7. The average Bonchev–Trinajstić information content (AvgIpc) is 3.05. The van der Waals surface area contributed by atoms with Crippen LogP contribution in [0.1, 0.15) is 29.4 Å². The summed E-state index contributed by atoms with van der Waals surface area (Å²) in [6, 6.07) is 7.08. The van der Waals surface area contributed by atoms with Gasteiger partial charge in [-0.15, -0.1) is 0 Å². The van der Waals surface area contributed by atoms with Crippen LogP contribution in [0.15, 0.2) is 36.5 Å². The van der Waals surface area contributed by atoms with E-state index in [2.05, 4.69) is 10.4 Å². The van der Waals surface area contributed by atoms with Crippen molar-refractivity contribution in [3.05, 3.63) is 47.8 Å². The second-order valence-electron chi connectivity index (χ2n) is 5.00. The Morgan fingerprint density at radius 1 is 1.25 bits per heavy atom. The Labute approximate surface area is 137 Å². The molecule has 0 radical (unpaired) electrons. The summed E-state index contributed by atoms with van der Waals surface area (Å²) in [5.41, 5.74) is -0.0876. The van der Waals surface area contributed by atoms with E-state index in [1.807, 2.05) is 6.92 Å². The first-order valence-electron chi connectivity index (χ1n) is 7.51. The number of carbonyl (C=O) groups excluding carboxylic acids is 1. The minimum Gasteiger partial charge on any atom is -0.382 e. The zero-order valence-corrected chi connectivity index (χ0v) is 13.1. The standard InChI is InChI=1S/C16H18F3N3O2/c1-2-24-11-3-9-20-15(23)12-4-6-13(7-5-12)22-10-8-14(21-22)16(17,18)19/h4-8,10H,2-3,9,11H2,1H3,(H,20,23). The fourth-order valence-electron chi connectivity index (χ4n) is 2.01. The van der Waals surface area contributed by atoms with Crippen molar-refractivity contribution in [3.8, 4) is 5.69 Å². The molecule has 0 aliphatic carbocycles. The third kappa shape index (κ3) is 4.82. The van der Waals surface area contributed by atoms with Gasteiger partial charge >= 0.3 is 6.18 Å². The second-order valence-corrected chi connectivity index (χ2v) is 5.00. The van der Waals surface area contributed by atoms with Gasteiger partial charge in [-0.2, -0.15) is 18.3 Å². The van der Waals surface area contributed by atoms with E-state index in [1.54, 1.807) is 24.3 Å². The largest absolute Gasteiger partial charge is 0.435 e. The molecule has 1 amide bonds. The van der Waals surface area contributed by atoms with Crippen LogP contribution < -0.4 is 5.32 Å². The van der Waals surface area contributed by atoms with Crippen LogP contribution in [0, 0.1) is 0 Å². The Hall–Kier alpha value is -2.35. The van der Waals surface area contributed by atoms with E-state index in [4.69, 9.17) is 4.74 Å². The van der Waals surface area contributed by atoms with Gasteiger partial charge in [-0.05, 0) is 43.7 Å². The van der Waals surface area contributed by atoms with Crippen molar-refractivity contribution in [1.82, 2.24) is 15.1 Å². The number of carbonyl (C=O) groups is 1. The molecule has 0 unspecified atom stereocenters. The number of benzene rings is 1. The summed E-state index contributed by atoms with van der Waals surface area (Å²) in [7, 11) is 0. The third-order valence-corrected chi connectivity index (χ3v) is 3.23. The number of amides is 1. The number of halogens is 3. The van der Waals surface area contributed by atoms with E-state index >= 15 is 0 Å². The molecule has 0 saturated heterocycles. The molecular weight excluding hydrogens is 323 g/mol. The third-order valence-electron chi connectivity index (χ3n) is 3.23. The van der Waals surface area contributed by atoms with E-state index < -0.39 is 11.9 Å². The van der Waals surface area contributed by atoms with Gasteiger partial charge in [0.2, 0.25) is 0 Å². The molecular formula is C16H18F3N3O2. The van der Waals surface area contributed by atoms with Crippen LogP contribution in [0.3, 0.4) is 0 Å². The maximum absolute atomic E-state index is 12.5. The summed E-state index contributed by atoms with van der Waals surface area (Å²) in [5, 5.41) is 6.23. The summed E-state index contributed by atoms with van der Waals surface area (Å²) in [6.45, 7) is 3.61. The number of ether oxygens (including phenoxy) is 1. The molecule has 8 heteroatoms. The Kier molecular flexibility index (Phi) is 5.97. The average molecular weight is 341 g/mol. The van der Waals surface area contributed by atoms with E-state index in [1.165, 1.54) is 6.20 Å². The Balaban J connectivity index is 1.95. The highest BCUT2D eigenvalue weighted by atomic mass is 19.4. The molecule has 130 valence electrons. The molecule has 1 aromatic carbocycles. The van der Waals surface area contributed by atoms with Crippen LogP contribution in [0.4, 0.5) is 13.2 Å². The quantitative estimate of drug-likeness (QED) is 0.788. The number of nitrogens with zero attached hydrogens (tertiary/aromatic N) is 2. The van der Waals surface area contributed by atoms with Crippen molar-refractivity contribution in [1.29, 1.82) is 0 Å². The Morgan fingerprint density at radius 3 is 2.54 bits per heavy atom. The maximum atomic E-state index is 12.5. The van der Waals surface area contributed by atoms with Crippen molar-refractivity contribution in [2.75, 3.05) is 19.8 Å². The molecule has 0 bridgehead atoms. The topological polar surface area (TPSA) is 56.1 Å². The first kappa shape index (κ1) is 18.0. The number of aromatic nitrogens is 2. The highest BCUT2D eigenvalue weighted by Crippen LogP contribution is 2.27. The molecule has 24 heavy (non-hydrogen) atoms. The van der Waals surface area contributed by atoms with Crippen LogP contribution in [0.5, 0.6) is 0 Å². The number of hydrogen-bond acceptors (Lipinski definition) is 3. The lowest BCUT2D eigenvalue weighted by molar-refractivity contribution is -0.141. The van der Waals surface area contributed by atoms with Gasteiger partial charge in [0.25, 0.3) is 5.91 Å². The molecule has 1 aromatic heterocycles. The zero-order valence-electron chi connectivity index (χ0n) is 13.1. The van der Waals surface area contributed by atoms with Crippen molar-refractivity contribution in [2.45, 2.75) is 19.5 Å². The molecule has 5 nitrogen and oxygen atoms in total. The molecule has 0 fully saturated rings. The SMILES string of the molecule is CCOCCCNC(=O)c1ccc(-n2ccc(C(F)(F)F)n2)cc1. The highest BCUT2D eigenvalue weighted by Gasteiger charge is 2.33. The predicted molar refractivity (Wildman–Crippen MR) is 82.0 cm³/mol. The van der Waals surface area contributed by atoms with Gasteiger partial charge < -0.3 is 10.1 Å². The molecule has 0 aliphatic rings. The molecule has 1 N–H and O–H groups in total. The smallest absolute Gasteiger partial charge is 0.382 e. The number of hydrogen-bond donors (Lipinski definition) is 1. The number of alkyl halides is 3. The van der Waals surface area contributed by atoms with E-state index in [9.17, 15) is 18.0 Å². The fraction of sp³-hybridized carbons (Fsp3) is 0.375. The zero-order chi connectivity index (χ0) is 17.6. The molecule has 2 rings (SSSR count). The van der Waals surface area contributed by atoms with Crippen molar-refractivity contribution in [3.63, 3.8) is 0 Å². The fourth-order valence-corrected chi connectivity index (χ4v) is 2.01. The minimum atomic E-state index is -4.48. The summed E-state index contributed by atoms with van der Waals surface area (Å²) in [5.74, 6) is -0.241. The first-order valence-corrected chi connectivity index (χ1v) is 7.51. The van der Waals surface area contributed by atoms with Crippen LogP contribution >= 0.6 is 0 Å². The molecule has 0 aliphatic heterocycles. The van der Waals surface area contributed by atoms with Gasteiger partial charge in [0.15, 0.2) is 5.69 Å². The van der Waals surface area contributed by atoms with Gasteiger partial charge in [-0.3, -0.25) is 4.79 Å². The van der Waals surface area contributed by atoms with E-state index in [0.717, 1.165) is 10.7 Å². The lowest BCUT2D eigenvalue weighted by Gasteiger charge is -2.07. The van der Waals surface area contributed by atoms with Crippen LogP contribution in [-0.2, 0) is 10.9 Å². The summed E-state index contributed by atoms with van der Waals surface area (Å²) < 4.78 is 43.9. The van der Waals surface area contributed by atoms with Crippen molar-refractivity contribution < 1.29 is 22.7 Å². The lowest BCUT2D eigenvalue weighted by atomic mass is 10.2. The van der Waals surface area contributed by atoms with Gasteiger partial charge in [-0.25, -0.2) is 4.68 Å².